The molecule has 0 saturated heterocycles. The van der Waals surface area contributed by atoms with E-state index in [1.54, 1.807) is 0 Å². The number of nitrogens with zero attached hydrogens (tertiary/aromatic N) is 1. The van der Waals surface area contributed by atoms with Gasteiger partial charge in [0.15, 0.2) is 0 Å². The molecule has 100 valence electrons. The quantitative estimate of drug-likeness (QED) is 0.431. The number of carbonyl (C=O) groups is 2. The SMILES string of the molecule is CCC[C@@H]([C@@H](Cc1ccsc1)C(=O)O)N(O)C=O. The molecule has 0 spiro atoms. The number of rotatable bonds is 8. The second-order valence-corrected chi connectivity index (χ2v) is 4.90. The van der Waals surface area contributed by atoms with Crippen LogP contribution in [0.25, 0.3) is 0 Å². The van der Waals surface area contributed by atoms with E-state index in [4.69, 9.17) is 0 Å². The first kappa shape index (κ1) is 14.7. The van der Waals surface area contributed by atoms with Crippen molar-refractivity contribution in [1.82, 2.24) is 5.06 Å². The van der Waals surface area contributed by atoms with Gasteiger partial charge in [-0.1, -0.05) is 13.3 Å². The monoisotopic (exact) mass is 271 g/mol. The predicted octanol–water partition coefficient (Wildman–Crippen LogP) is 2.01. The number of carboxylic acid groups (broad SMARTS) is 1. The summed E-state index contributed by atoms with van der Waals surface area (Å²) in [5, 5.41) is 23.0. The van der Waals surface area contributed by atoms with Gasteiger partial charge < -0.3 is 5.11 Å². The number of hydrogen-bond donors (Lipinski definition) is 2. The van der Waals surface area contributed by atoms with Crippen molar-refractivity contribution in [3.8, 4) is 0 Å². The molecule has 0 aliphatic heterocycles. The maximum Gasteiger partial charge on any atom is 0.309 e. The standard InChI is InChI=1S/C12H17NO4S/c1-2-3-11(13(17)8-14)10(12(15)16)6-9-4-5-18-7-9/h4-5,7-8,10-11,17H,2-3,6H2,1H3,(H,15,16)/t10-,11+/m1/s1. The van der Waals surface area contributed by atoms with E-state index in [0.29, 0.717) is 24.3 Å². The molecule has 1 aromatic heterocycles. The Morgan fingerprint density at radius 3 is 2.78 bits per heavy atom. The lowest BCUT2D eigenvalue weighted by Crippen LogP contribution is -2.42. The molecule has 0 aliphatic rings. The summed E-state index contributed by atoms with van der Waals surface area (Å²) in [6.07, 6.45) is 1.73. The van der Waals surface area contributed by atoms with Gasteiger partial charge >= 0.3 is 5.97 Å². The first-order chi connectivity index (χ1) is 8.60. The molecule has 0 radical (unpaired) electrons. The molecule has 0 saturated carbocycles. The van der Waals surface area contributed by atoms with Crippen molar-refractivity contribution in [2.75, 3.05) is 0 Å². The van der Waals surface area contributed by atoms with E-state index in [2.05, 4.69) is 0 Å². The average Bonchev–Trinajstić information content (AvgIpc) is 2.85. The Morgan fingerprint density at radius 1 is 1.61 bits per heavy atom. The molecule has 1 aromatic rings. The summed E-state index contributed by atoms with van der Waals surface area (Å²) in [6, 6.07) is 1.16. The molecule has 2 N–H and O–H groups in total. The van der Waals surface area contributed by atoms with E-state index < -0.39 is 17.9 Å². The fourth-order valence-electron chi connectivity index (χ4n) is 1.94. The minimum absolute atomic E-state index is 0.268. The van der Waals surface area contributed by atoms with Gasteiger partial charge in [0, 0.05) is 0 Å². The summed E-state index contributed by atoms with van der Waals surface area (Å²) in [5.74, 6) is -1.80. The molecule has 0 bridgehead atoms. The van der Waals surface area contributed by atoms with Crippen molar-refractivity contribution in [2.24, 2.45) is 5.92 Å². The average molecular weight is 271 g/mol. The lowest BCUT2D eigenvalue weighted by Gasteiger charge is -2.27. The number of hydrogen-bond acceptors (Lipinski definition) is 4. The number of aliphatic carboxylic acids is 1. The molecule has 0 aliphatic carbocycles. The molecule has 0 aromatic carbocycles. The van der Waals surface area contributed by atoms with Crippen LogP contribution in [-0.2, 0) is 16.0 Å². The van der Waals surface area contributed by atoms with Crippen LogP contribution in [-0.4, -0.2) is 33.8 Å². The van der Waals surface area contributed by atoms with Crippen LogP contribution in [0.15, 0.2) is 16.8 Å². The molecule has 0 fully saturated rings. The lowest BCUT2D eigenvalue weighted by molar-refractivity contribution is -0.172. The topological polar surface area (TPSA) is 77.8 Å². The Labute approximate surface area is 110 Å². The first-order valence-electron chi connectivity index (χ1n) is 5.76. The molecule has 5 nitrogen and oxygen atoms in total. The maximum atomic E-state index is 11.3. The van der Waals surface area contributed by atoms with Crippen molar-refractivity contribution in [2.45, 2.75) is 32.2 Å². The summed E-state index contributed by atoms with van der Waals surface area (Å²) < 4.78 is 0. The Hall–Kier alpha value is -1.40. The van der Waals surface area contributed by atoms with Gasteiger partial charge in [0.2, 0.25) is 6.41 Å². The zero-order chi connectivity index (χ0) is 13.5. The highest BCUT2D eigenvalue weighted by molar-refractivity contribution is 7.07. The van der Waals surface area contributed by atoms with Gasteiger partial charge in [-0.15, -0.1) is 0 Å². The Kier molecular flexibility index (Phi) is 5.80. The molecule has 1 amide bonds. The van der Waals surface area contributed by atoms with E-state index in [-0.39, 0.29) is 6.41 Å². The van der Waals surface area contributed by atoms with Gasteiger partial charge in [0.1, 0.15) is 0 Å². The molecular weight excluding hydrogens is 254 g/mol. The second kappa shape index (κ2) is 7.13. The summed E-state index contributed by atoms with van der Waals surface area (Å²) in [6.45, 7) is 1.88. The Morgan fingerprint density at radius 2 is 2.33 bits per heavy atom. The van der Waals surface area contributed by atoms with Crippen LogP contribution in [0.2, 0.25) is 0 Å². The molecule has 0 unspecified atom stereocenters. The summed E-state index contributed by atoms with van der Waals surface area (Å²) in [5.41, 5.74) is 0.910. The Bertz CT molecular complexity index is 379. The van der Waals surface area contributed by atoms with Crippen molar-refractivity contribution in [3.63, 3.8) is 0 Å². The van der Waals surface area contributed by atoms with Gasteiger partial charge in [-0.2, -0.15) is 11.3 Å². The summed E-state index contributed by atoms with van der Waals surface area (Å²) >= 11 is 1.49. The van der Waals surface area contributed by atoms with E-state index >= 15 is 0 Å². The van der Waals surface area contributed by atoms with Crippen LogP contribution < -0.4 is 0 Å². The third kappa shape index (κ3) is 3.82. The number of amides is 1. The van der Waals surface area contributed by atoms with E-state index in [9.17, 15) is 19.9 Å². The molecule has 1 heterocycles. The zero-order valence-electron chi connectivity index (χ0n) is 10.2. The number of carboxylic acids is 1. The highest BCUT2D eigenvalue weighted by Gasteiger charge is 2.31. The van der Waals surface area contributed by atoms with E-state index in [1.807, 2.05) is 23.8 Å². The van der Waals surface area contributed by atoms with Crippen molar-refractivity contribution < 1.29 is 19.9 Å². The normalized spacial score (nSPS) is 13.9. The van der Waals surface area contributed by atoms with Gasteiger partial charge in [-0.25, -0.2) is 5.06 Å². The number of carbonyl (C=O) groups excluding carboxylic acids is 1. The fraction of sp³-hybridized carbons (Fsp3) is 0.500. The van der Waals surface area contributed by atoms with Gasteiger partial charge in [-0.3, -0.25) is 14.8 Å². The fourth-order valence-corrected chi connectivity index (χ4v) is 2.62. The number of hydroxylamine groups is 2. The third-order valence-corrected chi connectivity index (χ3v) is 3.58. The summed E-state index contributed by atoms with van der Waals surface area (Å²) in [4.78, 5) is 21.9. The van der Waals surface area contributed by atoms with Crippen molar-refractivity contribution in [1.29, 1.82) is 0 Å². The van der Waals surface area contributed by atoms with Crippen LogP contribution in [0.4, 0.5) is 0 Å². The van der Waals surface area contributed by atoms with Crippen molar-refractivity contribution in [3.05, 3.63) is 22.4 Å². The minimum Gasteiger partial charge on any atom is -0.481 e. The predicted molar refractivity (Wildman–Crippen MR) is 67.5 cm³/mol. The van der Waals surface area contributed by atoms with Crippen LogP contribution in [0.1, 0.15) is 25.3 Å². The van der Waals surface area contributed by atoms with Crippen LogP contribution in [0, 0.1) is 5.92 Å². The number of thiophene rings is 1. The van der Waals surface area contributed by atoms with Crippen LogP contribution in [0.3, 0.4) is 0 Å². The minimum atomic E-state index is -0.999. The van der Waals surface area contributed by atoms with Crippen molar-refractivity contribution >= 4 is 23.7 Å². The maximum absolute atomic E-state index is 11.3. The van der Waals surface area contributed by atoms with E-state index in [1.165, 1.54) is 11.3 Å². The van der Waals surface area contributed by atoms with Crippen LogP contribution >= 0.6 is 11.3 Å². The third-order valence-electron chi connectivity index (χ3n) is 2.85. The van der Waals surface area contributed by atoms with Gasteiger partial charge in [0.05, 0.1) is 12.0 Å². The second-order valence-electron chi connectivity index (χ2n) is 4.12. The molecular formula is C12H17NO4S. The zero-order valence-corrected chi connectivity index (χ0v) is 11.0. The highest BCUT2D eigenvalue weighted by atomic mass is 32.1. The smallest absolute Gasteiger partial charge is 0.309 e. The molecule has 2 atom stereocenters. The molecule has 6 heteroatoms. The van der Waals surface area contributed by atoms with E-state index in [0.717, 1.165) is 5.56 Å². The molecule has 18 heavy (non-hydrogen) atoms. The van der Waals surface area contributed by atoms with Gasteiger partial charge in [-0.05, 0) is 35.2 Å². The highest BCUT2D eigenvalue weighted by Crippen LogP contribution is 2.21. The molecule has 1 rings (SSSR count). The van der Waals surface area contributed by atoms with Gasteiger partial charge in [0.25, 0.3) is 0 Å². The van der Waals surface area contributed by atoms with Crippen LogP contribution in [0.5, 0.6) is 0 Å². The first-order valence-corrected chi connectivity index (χ1v) is 6.70. The Balaban J connectivity index is 2.85. The summed E-state index contributed by atoms with van der Waals surface area (Å²) in [7, 11) is 0. The largest absolute Gasteiger partial charge is 0.481 e. The lowest BCUT2D eigenvalue weighted by atomic mass is 9.90.